The lowest BCUT2D eigenvalue weighted by molar-refractivity contribution is 0.305. The highest BCUT2D eigenvalue weighted by Crippen LogP contribution is 2.22. The van der Waals surface area contributed by atoms with Gasteiger partial charge in [-0.05, 0) is 62.6 Å². The van der Waals surface area contributed by atoms with Crippen LogP contribution in [-0.4, -0.2) is 0 Å². The van der Waals surface area contributed by atoms with E-state index >= 15 is 0 Å². The van der Waals surface area contributed by atoms with Crippen LogP contribution in [0.3, 0.4) is 0 Å². The van der Waals surface area contributed by atoms with Gasteiger partial charge in [-0.2, -0.15) is 0 Å². The van der Waals surface area contributed by atoms with Crippen molar-refractivity contribution in [1.29, 1.82) is 0 Å². The van der Waals surface area contributed by atoms with E-state index in [-0.39, 0.29) is 0 Å². The summed E-state index contributed by atoms with van der Waals surface area (Å²) in [6.45, 7) is 12.9. The van der Waals surface area contributed by atoms with E-state index in [0.29, 0.717) is 6.61 Å². The van der Waals surface area contributed by atoms with Crippen LogP contribution in [0.25, 0.3) is 5.70 Å². The van der Waals surface area contributed by atoms with Gasteiger partial charge in [0.2, 0.25) is 0 Å². The van der Waals surface area contributed by atoms with Gasteiger partial charge in [0, 0.05) is 17.0 Å². The first-order valence-electron chi connectivity index (χ1n) is 7.88. The lowest BCUT2D eigenvalue weighted by atomic mass is 10.1. The van der Waals surface area contributed by atoms with Gasteiger partial charge in [0.1, 0.15) is 12.4 Å². The molecular formula is C21H25NO. The van der Waals surface area contributed by atoms with Gasteiger partial charge >= 0.3 is 0 Å². The number of ether oxygens (including phenoxy) is 1. The summed E-state index contributed by atoms with van der Waals surface area (Å²) in [6.07, 6.45) is 2.02. The number of nitrogens with one attached hydrogen (secondary N) is 1. The third-order valence-electron chi connectivity index (χ3n) is 3.84. The molecule has 2 rings (SSSR count). The highest BCUT2D eigenvalue weighted by atomic mass is 16.5. The number of hydrogen-bond donors (Lipinski definition) is 1. The first kappa shape index (κ1) is 16.9. The molecule has 0 saturated carbocycles. The van der Waals surface area contributed by atoms with Crippen molar-refractivity contribution in [2.24, 2.45) is 0 Å². The minimum atomic E-state index is 0.573. The van der Waals surface area contributed by atoms with Crippen molar-refractivity contribution in [3.8, 4) is 5.75 Å². The first-order chi connectivity index (χ1) is 11.0. The topological polar surface area (TPSA) is 21.3 Å². The summed E-state index contributed by atoms with van der Waals surface area (Å²) in [7, 11) is 0. The fourth-order valence-electron chi connectivity index (χ4n) is 2.32. The van der Waals surface area contributed by atoms with E-state index in [1.807, 2.05) is 38.1 Å². The Kier molecular flexibility index (Phi) is 5.64. The maximum absolute atomic E-state index is 5.99. The lowest BCUT2D eigenvalue weighted by Crippen LogP contribution is -2.08. The van der Waals surface area contributed by atoms with Gasteiger partial charge in [0.05, 0.1) is 0 Å². The van der Waals surface area contributed by atoms with Crippen LogP contribution in [0.2, 0.25) is 0 Å². The molecule has 0 atom stereocenters. The molecule has 120 valence electrons. The molecule has 0 fully saturated rings. The van der Waals surface area contributed by atoms with Crippen molar-refractivity contribution in [1.82, 2.24) is 5.32 Å². The molecule has 2 heteroatoms. The number of allylic oxidation sites excluding steroid dienone is 2. The summed E-state index contributed by atoms with van der Waals surface area (Å²) in [5, 5.41) is 3.29. The summed E-state index contributed by atoms with van der Waals surface area (Å²) in [5.74, 6) is 0.865. The van der Waals surface area contributed by atoms with Gasteiger partial charge in [0.15, 0.2) is 0 Å². The molecule has 0 saturated heterocycles. The SMILES string of the molecule is C=C(N/C(C)=C/C)c1cc(C)cc(OCc2ccccc2C)c1. The molecule has 23 heavy (non-hydrogen) atoms. The smallest absolute Gasteiger partial charge is 0.120 e. The minimum Gasteiger partial charge on any atom is -0.489 e. The highest BCUT2D eigenvalue weighted by Gasteiger charge is 2.05. The summed E-state index contributed by atoms with van der Waals surface area (Å²) in [5.41, 5.74) is 6.62. The van der Waals surface area contributed by atoms with Gasteiger partial charge < -0.3 is 10.1 Å². The Bertz CT molecular complexity index is 728. The van der Waals surface area contributed by atoms with E-state index in [2.05, 4.69) is 50.0 Å². The van der Waals surface area contributed by atoms with Crippen LogP contribution in [0.1, 0.15) is 36.1 Å². The van der Waals surface area contributed by atoms with E-state index in [1.165, 1.54) is 11.1 Å². The van der Waals surface area contributed by atoms with Crippen molar-refractivity contribution in [3.63, 3.8) is 0 Å². The number of hydrogen-bond acceptors (Lipinski definition) is 2. The zero-order chi connectivity index (χ0) is 16.8. The molecule has 0 amide bonds. The molecule has 0 aliphatic heterocycles. The monoisotopic (exact) mass is 307 g/mol. The van der Waals surface area contributed by atoms with Crippen molar-refractivity contribution >= 4 is 5.70 Å². The van der Waals surface area contributed by atoms with E-state index < -0.39 is 0 Å². The van der Waals surface area contributed by atoms with Crippen molar-refractivity contribution in [2.75, 3.05) is 0 Å². The van der Waals surface area contributed by atoms with Gasteiger partial charge in [-0.3, -0.25) is 0 Å². The zero-order valence-electron chi connectivity index (χ0n) is 14.4. The predicted octanol–water partition coefficient (Wildman–Crippen LogP) is 5.37. The largest absolute Gasteiger partial charge is 0.489 e. The summed E-state index contributed by atoms with van der Waals surface area (Å²) < 4.78 is 5.99. The van der Waals surface area contributed by atoms with Crippen LogP contribution >= 0.6 is 0 Å². The van der Waals surface area contributed by atoms with Gasteiger partial charge in [-0.1, -0.05) is 36.9 Å². The second-order valence-corrected chi connectivity index (χ2v) is 5.83. The predicted molar refractivity (Wildman–Crippen MR) is 98.3 cm³/mol. The maximum atomic E-state index is 5.99. The molecule has 0 aliphatic carbocycles. The molecule has 0 spiro atoms. The standard InChI is InChI=1S/C21H25NO/c1-6-17(4)22-18(5)20-11-15(2)12-21(13-20)23-14-19-10-8-7-9-16(19)3/h6-13,22H,5,14H2,1-4H3/b17-6+. The van der Waals surface area contributed by atoms with Crippen molar-refractivity contribution in [2.45, 2.75) is 34.3 Å². The molecule has 0 aromatic heterocycles. The first-order valence-corrected chi connectivity index (χ1v) is 7.88. The average Bonchev–Trinajstić information content (AvgIpc) is 2.53. The summed E-state index contributed by atoms with van der Waals surface area (Å²) in [6, 6.07) is 14.5. The molecule has 0 unspecified atom stereocenters. The number of benzene rings is 2. The Labute approximate surface area is 139 Å². The quantitative estimate of drug-likeness (QED) is 0.775. The molecule has 0 bridgehead atoms. The van der Waals surface area contributed by atoms with E-state index in [1.54, 1.807) is 0 Å². The molecule has 2 aromatic rings. The molecule has 0 heterocycles. The van der Waals surface area contributed by atoms with Crippen molar-refractivity contribution < 1.29 is 4.74 Å². The average molecular weight is 307 g/mol. The Morgan fingerprint density at radius 3 is 2.61 bits per heavy atom. The molecular weight excluding hydrogens is 282 g/mol. The zero-order valence-corrected chi connectivity index (χ0v) is 14.4. The maximum Gasteiger partial charge on any atom is 0.120 e. The number of aryl methyl sites for hydroxylation is 2. The van der Waals surface area contributed by atoms with Gasteiger partial charge in [0.25, 0.3) is 0 Å². The van der Waals surface area contributed by atoms with Crippen LogP contribution in [0.4, 0.5) is 0 Å². The molecule has 2 aromatic carbocycles. The fraction of sp³-hybridized carbons (Fsp3) is 0.238. The number of rotatable bonds is 6. The Morgan fingerprint density at radius 2 is 1.91 bits per heavy atom. The van der Waals surface area contributed by atoms with Crippen LogP contribution in [0.15, 0.2) is 60.8 Å². The summed E-state index contributed by atoms with van der Waals surface area (Å²) >= 11 is 0. The van der Waals surface area contributed by atoms with Crippen molar-refractivity contribution in [3.05, 3.63) is 83.1 Å². The highest BCUT2D eigenvalue weighted by molar-refractivity contribution is 5.65. The molecule has 1 N–H and O–H groups in total. The third-order valence-corrected chi connectivity index (χ3v) is 3.84. The van der Waals surface area contributed by atoms with E-state index in [0.717, 1.165) is 28.3 Å². The second kappa shape index (κ2) is 7.68. The Balaban J connectivity index is 2.14. The molecule has 0 radical (unpaired) electrons. The van der Waals surface area contributed by atoms with Crippen LogP contribution in [0, 0.1) is 13.8 Å². The van der Waals surface area contributed by atoms with Crippen LogP contribution < -0.4 is 10.1 Å². The van der Waals surface area contributed by atoms with E-state index in [4.69, 9.17) is 4.74 Å². The normalized spacial score (nSPS) is 11.2. The van der Waals surface area contributed by atoms with E-state index in [9.17, 15) is 0 Å². The fourth-order valence-corrected chi connectivity index (χ4v) is 2.32. The second-order valence-electron chi connectivity index (χ2n) is 5.83. The van der Waals surface area contributed by atoms with Gasteiger partial charge in [-0.25, -0.2) is 0 Å². The van der Waals surface area contributed by atoms with Crippen LogP contribution in [-0.2, 0) is 6.61 Å². The molecule has 2 nitrogen and oxygen atoms in total. The Hall–Kier alpha value is -2.48. The Morgan fingerprint density at radius 1 is 1.17 bits per heavy atom. The van der Waals surface area contributed by atoms with Crippen LogP contribution in [0.5, 0.6) is 5.75 Å². The third kappa shape index (κ3) is 4.75. The lowest BCUT2D eigenvalue weighted by Gasteiger charge is -2.14. The summed E-state index contributed by atoms with van der Waals surface area (Å²) in [4.78, 5) is 0. The minimum absolute atomic E-state index is 0.573. The van der Waals surface area contributed by atoms with Gasteiger partial charge in [-0.15, -0.1) is 0 Å². The molecule has 0 aliphatic rings.